The summed E-state index contributed by atoms with van der Waals surface area (Å²) in [7, 11) is 6.44. The van der Waals surface area contributed by atoms with Crippen LogP contribution in [0.3, 0.4) is 0 Å². The van der Waals surface area contributed by atoms with E-state index in [-0.39, 0.29) is 17.6 Å². The molecule has 0 amide bonds. The molecule has 2 aliphatic heterocycles. The second-order valence-electron chi connectivity index (χ2n) is 7.23. The van der Waals surface area contributed by atoms with E-state index in [9.17, 15) is 14.7 Å². The third-order valence-electron chi connectivity index (χ3n) is 5.88. The molecule has 0 aliphatic carbocycles. The molecule has 0 saturated carbocycles. The van der Waals surface area contributed by atoms with E-state index < -0.39 is 17.5 Å². The minimum atomic E-state index is -1.50. The van der Waals surface area contributed by atoms with Crippen LogP contribution in [0.25, 0.3) is 0 Å². The molecule has 2 N–H and O–H groups in total. The number of nitrogens with one attached hydrogen (secondary N) is 1. The summed E-state index contributed by atoms with van der Waals surface area (Å²) in [4.78, 5) is 26.2. The lowest BCUT2D eigenvalue weighted by molar-refractivity contribution is -0.924. The number of carboxylic acid groups (broad SMARTS) is 1. The Hall–Kier alpha value is -2.48. The largest absolute Gasteiger partial charge is 0.493 e. The minimum Gasteiger partial charge on any atom is -0.493 e. The summed E-state index contributed by atoms with van der Waals surface area (Å²) >= 11 is 0. The van der Waals surface area contributed by atoms with Gasteiger partial charge in [-0.25, -0.2) is 9.59 Å². The highest BCUT2D eigenvalue weighted by atomic mass is 16.6. The van der Waals surface area contributed by atoms with E-state index in [1.807, 2.05) is 0 Å². The first-order valence-corrected chi connectivity index (χ1v) is 8.95. The van der Waals surface area contributed by atoms with E-state index in [0.717, 1.165) is 12.8 Å². The molecule has 8 nitrogen and oxygen atoms in total. The number of benzene rings is 1. The first-order chi connectivity index (χ1) is 12.8. The van der Waals surface area contributed by atoms with Gasteiger partial charge in [0.2, 0.25) is 11.4 Å². The molecule has 1 aromatic rings. The van der Waals surface area contributed by atoms with Crippen LogP contribution < -0.4 is 19.1 Å². The van der Waals surface area contributed by atoms with Gasteiger partial charge in [0.15, 0.2) is 11.5 Å². The van der Waals surface area contributed by atoms with Crippen molar-refractivity contribution in [1.82, 2.24) is 0 Å². The summed E-state index contributed by atoms with van der Waals surface area (Å²) in [6.45, 7) is 0. The Morgan fingerprint density at radius 3 is 1.96 bits per heavy atom. The molecule has 2 heterocycles. The molecule has 1 aromatic carbocycles. The van der Waals surface area contributed by atoms with Crippen LogP contribution >= 0.6 is 0 Å². The zero-order valence-corrected chi connectivity index (χ0v) is 16.0. The predicted octanol–water partition coefficient (Wildman–Crippen LogP) is 0.532. The number of carboxylic acids is 1. The molecule has 0 spiro atoms. The number of methoxy groups -OCH3 is 3. The first-order valence-electron chi connectivity index (χ1n) is 8.95. The summed E-state index contributed by atoms with van der Waals surface area (Å²) in [6.07, 6.45) is 2.54. The molecule has 0 aromatic heterocycles. The molecule has 2 fully saturated rings. The number of rotatable bonds is 6. The second kappa shape index (κ2) is 7.26. The Kier molecular flexibility index (Phi) is 5.19. The van der Waals surface area contributed by atoms with Gasteiger partial charge in [0.05, 0.1) is 58.9 Å². The van der Waals surface area contributed by atoms with Crippen molar-refractivity contribution >= 4 is 11.9 Å². The number of piperidine rings is 1. The Bertz CT molecular complexity index is 709. The second-order valence-corrected chi connectivity index (χ2v) is 7.23. The molecule has 2 unspecified atom stereocenters. The lowest BCUT2D eigenvalue weighted by atomic mass is 9.86. The molecule has 4 atom stereocenters. The smallest absolute Gasteiger partial charge is 0.348 e. The number of hydrogen-bond donors (Lipinski definition) is 2. The zero-order chi connectivity index (χ0) is 19.8. The van der Waals surface area contributed by atoms with Crippen LogP contribution in [0.1, 0.15) is 36.0 Å². The van der Waals surface area contributed by atoms with Crippen LogP contribution in [0.2, 0.25) is 0 Å². The molecule has 8 heteroatoms. The van der Waals surface area contributed by atoms with Crippen molar-refractivity contribution in [3.63, 3.8) is 0 Å². The van der Waals surface area contributed by atoms with E-state index in [2.05, 4.69) is 7.05 Å². The van der Waals surface area contributed by atoms with Crippen molar-refractivity contribution < 1.29 is 38.5 Å². The maximum atomic E-state index is 12.8. The highest BCUT2D eigenvalue weighted by molar-refractivity contribution is 5.94. The van der Waals surface area contributed by atoms with Crippen LogP contribution in [0.5, 0.6) is 17.2 Å². The van der Waals surface area contributed by atoms with Gasteiger partial charge in [0, 0.05) is 12.8 Å². The molecule has 2 bridgehead atoms. The van der Waals surface area contributed by atoms with Gasteiger partial charge in [-0.05, 0) is 12.1 Å². The van der Waals surface area contributed by atoms with Crippen LogP contribution in [-0.4, -0.2) is 63.1 Å². The topological polar surface area (TPSA) is 95.7 Å². The van der Waals surface area contributed by atoms with Crippen LogP contribution in [0, 0.1) is 0 Å². The lowest BCUT2D eigenvalue weighted by Crippen LogP contribution is -3.16. The molecule has 3 rings (SSSR count). The van der Waals surface area contributed by atoms with Gasteiger partial charge in [0.25, 0.3) is 0 Å². The van der Waals surface area contributed by atoms with Gasteiger partial charge in [-0.2, -0.15) is 0 Å². The fourth-order valence-electron chi connectivity index (χ4n) is 4.33. The highest BCUT2D eigenvalue weighted by Crippen LogP contribution is 2.40. The van der Waals surface area contributed by atoms with E-state index in [4.69, 9.17) is 18.9 Å². The average molecular weight is 380 g/mol. The van der Waals surface area contributed by atoms with Crippen molar-refractivity contribution in [2.75, 3.05) is 28.4 Å². The molecule has 2 aliphatic rings. The van der Waals surface area contributed by atoms with Crippen molar-refractivity contribution in [2.24, 2.45) is 0 Å². The minimum absolute atomic E-state index is 0.156. The van der Waals surface area contributed by atoms with Crippen molar-refractivity contribution in [1.29, 1.82) is 0 Å². The van der Waals surface area contributed by atoms with Gasteiger partial charge in [-0.15, -0.1) is 0 Å². The lowest BCUT2D eigenvalue weighted by Gasteiger charge is -2.39. The zero-order valence-electron chi connectivity index (χ0n) is 16.0. The summed E-state index contributed by atoms with van der Waals surface area (Å²) in [5, 5.41) is 9.86. The standard InChI is InChI=1S/C19H25NO7/c1-20-12-5-6-13(20)10-19(9-12,18(22)23)27-17(21)11-7-14(24-2)16(26-4)15(8-11)25-3/h7-8,12-13H,5-6,9-10H2,1-4H3,(H,22,23)/p+1/t12-,13+,19?. The molecular weight excluding hydrogens is 354 g/mol. The van der Waals surface area contributed by atoms with Crippen LogP contribution in [0.15, 0.2) is 12.1 Å². The Morgan fingerprint density at radius 1 is 1.04 bits per heavy atom. The van der Waals surface area contributed by atoms with Gasteiger partial charge < -0.3 is 29.0 Å². The number of carbonyl (C=O) groups excluding carboxylic acids is 1. The van der Waals surface area contributed by atoms with Gasteiger partial charge in [0.1, 0.15) is 0 Å². The highest BCUT2D eigenvalue weighted by Gasteiger charge is 2.57. The number of quaternary nitrogens is 1. The van der Waals surface area contributed by atoms with Gasteiger partial charge in [-0.1, -0.05) is 0 Å². The average Bonchev–Trinajstić information content (AvgIpc) is 2.87. The normalized spacial score (nSPS) is 29.1. The number of carbonyl (C=O) groups is 2. The Labute approximate surface area is 157 Å². The van der Waals surface area contributed by atoms with Crippen molar-refractivity contribution in [3.05, 3.63) is 17.7 Å². The number of ether oxygens (including phenoxy) is 4. The van der Waals surface area contributed by atoms with Crippen LogP contribution in [0.4, 0.5) is 0 Å². The maximum Gasteiger partial charge on any atom is 0.348 e. The van der Waals surface area contributed by atoms with E-state index >= 15 is 0 Å². The summed E-state index contributed by atoms with van der Waals surface area (Å²) < 4.78 is 21.4. The van der Waals surface area contributed by atoms with Gasteiger partial charge >= 0.3 is 11.9 Å². The van der Waals surface area contributed by atoms with Crippen molar-refractivity contribution in [3.8, 4) is 17.2 Å². The predicted molar refractivity (Wildman–Crippen MR) is 94.8 cm³/mol. The number of hydrogen-bond acceptors (Lipinski definition) is 6. The third kappa shape index (κ3) is 3.29. The summed E-state index contributed by atoms with van der Waals surface area (Å²) in [6, 6.07) is 3.31. The van der Waals surface area contributed by atoms with Gasteiger partial charge in [-0.3, -0.25) is 0 Å². The molecule has 27 heavy (non-hydrogen) atoms. The molecule has 2 saturated heterocycles. The van der Waals surface area contributed by atoms with E-state index in [1.54, 1.807) is 0 Å². The number of fused-ring (bicyclic) bond motifs is 2. The van der Waals surface area contributed by atoms with E-state index in [1.165, 1.54) is 38.4 Å². The SMILES string of the molecule is COc1cc(C(=O)OC2(C(=O)O)C[C@H]3CC[C@@H](C2)[NH+]3C)cc(OC)c1OC. The molecular formula is C19H26NO7+. The Balaban J connectivity index is 1.90. The number of esters is 1. The summed E-state index contributed by atoms with van der Waals surface area (Å²) in [5.41, 5.74) is -1.34. The third-order valence-corrected chi connectivity index (χ3v) is 5.88. The quantitative estimate of drug-likeness (QED) is 0.695. The monoisotopic (exact) mass is 380 g/mol. The maximum absolute atomic E-state index is 12.8. The Morgan fingerprint density at radius 2 is 1.56 bits per heavy atom. The first kappa shape index (κ1) is 19.3. The summed E-state index contributed by atoms with van der Waals surface area (Å²) in [5.74, 6) is -0.837. The fourth-order valence-corrected chi connectivity index (χ4v) is 4.33. The van der Waals surface area contributed by atoms with E-state index in [0.29, 0.717) is 30.1 Å². The van der Waals surface area contributed by atoms with Crippen molar-refractivity contribution in [2.45, 2.75) is 43.4 Å². The fraction of sp³-hybridized carbons (Fsp3) is 0.579. The molecule has 148 valence electrons. The number of aliphatic carboxylic acids is 1. The van der Waals surface area contributed by atoms with Crippen LogP contribution in [-0.2, 0) is 9.53 Å². The molecule has 0 radical (unpaired) electrons.